The van der Waals surface area contributed by atoms with Crippen molar-refractivity contribution in [2.45, 2.75) is 18.9 Å². The van der Waals surface area contributed by atoms with Gasteiger partial charge in [-0.05, 0) is 25.0 Å². The van der Waals surface area contributed by atoms with E-state index in [9.17, 15) is 5.11 Å². The monoisotopic (exact) mass is 296 g/mol. The Morgan fingerprint density at radius 1 is 1.14 bits per heavy atom. The van der Waals surface area contributed by atoms with Crippen molar-refractivity contribution >= 4 is 17.0 Å². The maximum absolute atomic E-state index is 9.87. The molecule has 3 heterocycles. The number of piperidine rings is 1. The van der Waals surface area contributed by atoms with Crippen LogP contribution >= 0.6 is 0 Å². The van der Waals surface area contributed by atoms with E-state index < -0.39 is 0 Å². The van der Waals surface area contributed by atoms with E-state index in [1.165, 1.54) is 6.33 Å². The van der Waals surface area contributed by atoms with Gasteiger partial charge in [0.25, 0.3) is 0 Å². The maximum atomic E-state index is 9.87. The van der Waals surface area contributed by atoms with Crippen LogP contribution in [-0.2, 0) is 0 Å². The molecule has 4 rings (SSSR count). The van der Waals surface area contributed by atoms with E-state index in [0.717, 1.165) is 30.9 Å². The molecule has 0 amide bonds. The van der Waals surface area contributed by atoms with Crippen LogP contribution in [-0.4, -0.2) is 49.3 Å². The van der Waals surface area contributed by atoms with E-state index in [1.807, 2.05) is 30.3 Å². The molecule has 1 saturated heterocycles. The van der Waals surface area contributed by atoms with E-state index in [-0.39, 0.29) is 6.10 Å². The first kappa shape index (κ1) is 13.1. The Kier molecular flexibility index (Phi) is 3.19. The van der Waals surface area contributed by atoms with Crippen molar-refractivity contribution < 1.29 is 5.11 Å². The quantitative estimate of drug-likeness (QED) is 0.764. The molecule has 3 aromatic rings. The first-order valence-electron chi connectivity index (χ1n) is 7.38. The van der Waals surface area contributed by atoms with Gasteiger partial charge in [-0.25, -0.2) is 9.97 Å². The molecule has 7 heteroatoms. The number of benzene rings is 1. The Balaban J connectivity index is 1.80. The van der Waals surface area contributed by atoms with Crippen LogP contribution in [0, 0.1) is 0 Å². The number of anilines is 1. The fourth-order valence-electron chi connectivity index (χ4n) is 2.86. The van der Waals surface area contributed by atoms with Crippen LogP contribution in [0.15, 0.2) is 36.7 Å². The minimum absolute atomic E-state index is 0.317. The number of hydrogen-bond donors (Lipinski definition) is 1. The van der Waals surface area contributed by atoms with Gasteiger partial charge in [-0.2, -0.15) is 4.68 Å². The van der Waals surface area contributed by atoms with E-state index in [4.69, 9.17) is 0 Å². The summed E-state index contributed by atoms with van der Waals surface area (Å²) in [4.78, 5) is 10.7. The molecule has 0 bridgehead atoms. The SMILES string of the molecule is OC1CCCN(c2ncnc3c2nnn3-c2ccccc2)C1. The molecule has 112 valence electrons. The molecular formula is C15H16N6O. The van der Waals surface area contributed by atoms with Gasteiger partial charge in [0.2, 0.25) is 0 Å². The number of nitrogens with zero attached hydrogens (tertiary/aromatic N) is 6. The Labute approximate surface area is 127 Å². The van der Waals surface area contributed by atoms with Crippen molar-refractivity contribution in [3.05, 3.63) is 36.7 Å². The molecule has 1 aromatic carbocycles. The Morgan fingerprint density at radius 3 is 2.82 bits per heavy atom. The second-order valence-corrected chi connectivity index (χ2v) is 5.45. The Bertz CT molecular complexity index is 787. The van der Waals surface area contributed by atoms with Crippen LogP contribution in [0.2, 0.25) is 0 Å². The van der Waals surface area contributed by atoms with Crippen molar-refractivity contribution in [2.24, 2.45) is 0 Å². The third-order valence-corrected chi connectivity index (χ3v) is 3.92. The van der Waals surface area contributed by atoms with E-state index in [2.05, 4.69) is 25.2 Å². The number of β-amino-alcohol motifs (C(OH)–C–C–N with tert-alkyl or cyclic N) is 1. The van der Waals surface area contributed by atoms with Gasteiger partial charge in [0.15, 0.2) is 17.0 Å². The van der Waals surface area contributed by atoms with Crippen LogP contribution < -0.4 is 4.90 Å². The zero-order valence-corrected chi connectivity index (χ0v) is 12.0. The first-order chi connectivity index (χ1) is 10.8. The molecule has 1 aliphatic heterocycles. The molecular weight excluding hydrogens is 280 g/mol. The van der Waals surface area contributed by atoms with Gasteiger partial charge in [-0.15, -0.1) is 5.10 Å². The summed E-state index contributed by atoms with van der Waals surface area (Å²) in [6, 6.07) is 9.77. The molecule has 0 spiro atoms. The number of aliphatic hydroxyl groups excluding tert-OH is 1. The highest BCUT2D eigenvalue weighted by molar-refractivity contribution is 5.83. The summed E-state index contributed by atoms with van der Waals surface area (Å²) in [6.07, 6.45) is 2.99. The lowest BCUT2D eigenvalue weighted by molar-refractivity contribution is 0.154. The molecule has 1 atom stereocenters. The fraction of sp³-hybridized carbons (Fsp3) is 0.333. The number of rotatable bonds is 2. The lowest BCUT2D eigenvalue weighted by Crippen LogP contribution is -2.38. The molecule has 2 aromatic heterocycles. The van der Waals surface area contributed by atoms with Crippen molar-refractivity contribution in [3.63, 3.8) is 0 Å². The summed E-state index contributed by atoms with van der Waals surface area (Å²) in [5, 5.41) is 18.3. The largest absolute Gasteiger partial charge is 0.391 e. The number of hydrogen-bond acceptors (Lipinski definition) is 6. The van der Waals surface area contributed by atoms with Gasteiger partial charge >= 0.3 is 0 Å². The summed E-state index contributed by atoms with van der Waals surface area (Å²) >= 11 is 0. The third-order valence-electron chi connectivity index (χ3n) is 3.92. The molecule has 1 fully saturated rings. The van der Waals surface area contributed by atoms with Crippen molar-refractivity contribution in [1.29, 1.82) is 0 Å². The predicted molar refractivity (Wildman–Crippen MR) is 81.9 cm³/mol. The molecule has 0 radical (unpaired) electrons. The van der Waals surface area contributed by atoms with Crippen molar-refractivity contribution in [1.82, 2.24) is 25.0 Å². The smallest absolute Gasteiger partial charge is 0.189 e. The summed E-state index contributed by atoms with van der Waals surface area (Å²) in [7, 11) is 0. The van der Waals surface area contributed by atoms with Crippen molar-refractivity contribution in [2.75, 3.05) is 18.0 Å². The number of fused-ring (bicyclic) bond motifs is 1. The average molecular weight is 296 g/mol. The molecule has 0 aliphatic carbocycles. The van der Waals surface area contributed by atoms with Crippen LogP contribution in [0.3, 0.4) is 0 Å². The Hall–Kier alpha value is -2.54. The van der Waals surface area contributed by atoms with Gasteiger partial charge in [0, 0.05) is 13.1 Å². The van der Waals surface area contributed by atoms with E-state index >= 15 is 0 Å². The summed E-state index contributed by atoms with van der Waals surface area (Å²) < 4.78 is 1.71. The standard InChI is InChI=1S/C15H16N6O/c22-12-7-4-8-20(9-12)14-13-15(17-10-16-14)21(19-18-13)11-5-2-1-3-6-11/h1-3,5-6,10,12,22H,4,7-9H2. The lowest BCUT2D eigenvalue weighted by atomic mass is 10.1. The summed E-state index contributed by atoms with van der Waals surface area (Å²) in [5.74, 6) is 0.742. The zero-order chi connectivity index (χ0) is 14.9. The van der Waals surface area contributed by atoms with Gasteiger partial charge < -0.3 is 10.0 Å². The molecule has 0 saturated carbocycles. The molecule has 7 nitrogen and oxygen atoms in total. The van der Waals surface area contributed by atoms with E-state index in [1.54, 1.807) is 4.68 Å². The highest BCUT2D eigenvalue weighted by Crippen LogP contribution is 2.25. The lowest BCUT2D eigenvalue weighted by Gasteiger charge is -2.30. The zero-order valence-electron chi connectivity index (χ0n) is 12.0. The molecule has 1 N–H and O–H groups in total. The van der Waals surface area contributed by atoms with Gasteiger partial charge in [0.1, 0.15) is 6.33 Å². The minimum atomic E-state index is -0.317. The first-order valence-corrected chi connectivity index (χ1v) is 7.38. The fourth-order valence-corrected chi connectivity index (χ4v) is 2.86. The average Bonchev–Trinajstić information content (AvgIpc) is 2.99. The predicted octanol–water partition coefficient (Wildman–Crippen LogP) is 1.17. The number of aliphatic hydroxyl groups is 1. The molecule has 1 unspecified atom stereocenters. The normalized spacial score (nSPS) is 18.8. The highest BCUT2D eigenvalue weighted by Gasteiger charge is 2.23. The van der Waals surface area contributed by atoms with Gasteiger partial charge in [0.05, 0.1) is 11.8 Å². The van der Waals surface area contributed by atoms with Crippen LogP contribution in [0.1, 0.15) is 12.8 Å². The highest BCUT2D eigenvalue weighted by atomic mass is 16.3. The third kappa shape index (κ3) is 2.19. The minimum Gasteiger partial charge on any atom is -0.391 e. The summed E-state index contributed by atoms with van der Waals surface area (Å²) in [5.41, 5.74) is 2.25. The van der Waals surface area contributed by atoms with E-state index in [0.29, 0.717) is 17.7 Å². The van der Waals surface area contributed by atoms with Gasteiger partial charge in [-0.3, -0.25) is 0 Å². The van der Waals surface area contributed by atoms with Crippen LogP contribution in [0.5, 0.6) is 0 Å². The van der Waals surface area contributed by atoms with Crippen LogP contribution in [0.25, 0.3) is 16.9 Å². The topological polar surface area (TPSA) is 80.0 Å². The number of aromatic nitrogens is 5. The second kappa shape index (κ2) is 5.34. The Morgan fingerprint density at radius 2 is 2.00 bits per heavy atom. The molecule has 22 heavy (non-hydrogen) atoms. The molecule has 1 aliphatic rings. The summed E-state index contributed by atoms with van der Waals surface area (Å²) in [6.45, 7) is 1.44. The van der Waals surface area contributed by atoms with Gasteiger partial charge in [-0.1, -0.05) is 23.4 Å². The maximum Gasteiger partial charge on any atom is 0.189 e. The number of para-hydroxylation sites is 1. The van der Waals surface area contributed by atoms with Crippen LogP contribution in [0.4, 0.5) is 5.82 Å². The van der Waals surface area contributed by atoms with Crippen molar-refractivity contribution in [3.8, 4) is 5.69 Å². The second-order valence-electron chi connectivity index (χ2n) is 5.45.